The van der Waals surface area contributed by atoms with Crippen LogP contribution in [0.5, 0.6) is 0 Å². The Kier molecular flexibility index (Phi) is 2.53. The van der Waals surface area contributed by atoms with Crippen molar-refractivity contribution in [2.24, 2.45) is 5.92 Å². The number of nitrogens with one attached hydrogen (secondary N) is 2. The summed E-state index contributed by atoms with van der Waals surface area (Å²) in [6.07, 6.45) is 0.784. The molecule has 0 radical (unpaired) electrons. The number of aromatic amines is 1. The van der Waals surface area contributed by atoms with Crippen LogP contribution in [0.2, 0.25) is 0 Å². The van der Waals surface area contributed by atoms with Gasteiger partial charge in [-0.25, -0.2) is 4.98 Å². The monoisotopic (exact) mass is 231 g/mol. The number of hydrogen-bond acceptors (Lipinski definition) is 3. The zero-order chi connectivity index (χ0) is 11.7. The van der Waals surface area contributed by atoms with E-state index in [9.17, 15) is 4.79 Å². The van der Waals surface area contributed by atoms with Crippen molar-refractivity contribution in [3.8, 4) is 0 Å². The fraction of sp³-hybridized carbons (Fsp3) is 0.333. The lowest BCUT2D eigenvalue weighted by Crippen LogP contribution is -2.23. The summed E-state index contributed by atoms with van der Waals surface area (Å²) >= 11 is 0. The SMILES string of the molecule is O=C(Nc1nc2ccccc2[nH]1)C1CCOC1. The van der Waals surface area contributed by atoms with Gasteiger partial charge in [-0.3, -0.25) is 10.1 Å². The molecule has 1 amide bonds. The van der Waals surface area contributed by atoms with Gasteiger partial charge < -0.3 is 9.72 Å². The van der Waals surface area contributed by atoms with E-state index in [-0.39, 0.29) is 11.8 Å². The van der Waals surface area contributed by atoms with Crippen LogP contribution in [-0.2, 0) is 9.53 Å². The van der Waals surface area contributed by atoms with Gasteiger partial charge in [0.25, 0.3) is 0 Å². The predicted molar refractivity (Wildman–Crippen MR) is 63.6 cm³/mol. The highest BCUT2D eigenvalue weighted by molar-refractivity contribution is 5.92. The first kappa shape index (κ1) is 10.3. The van der Waals surface area contributed by atoms with E-state index < -0.39 is 0 Å². The van der Waals surface area contributed by atoms with Gasteiger partial charge in [0, 0.05) is 6.61 Å². The normalized spacial score (nSPS) is 19.6. The molecular weight excluding hydrogens is 218 g/mol. The van der Waals surface area contributed by atoms with E-state index in [4.69, 9.17) is 4.74 Å². The van der Waals surface area contributed by atoms with Gasteiger partial charge in [0.05, 0.1) is 23.6 Å². The van der Waals surface area contributed by atoms with Crippen molar-refractivity contribution in [1.29, 1.82) is 0 Å². The Morgan fingerprint density at radius 1 is 1.47 bits per heavy atom. The molecule has 2 aromatic rings. The first-order chi connectivity index (χ1) is 8.33. The van der Waals surface area contributed by atoms with Crippen LogP contribution in [0.1, 0.15) is 6.42 Å². The molecular formula is C12H13N3O2. The van der Waals surface area contributed by atoms with E-state index in [2.05, 4.69) is 15.3 Å². The number of rotatable bonds is 2. The summed E-state index contributed by atoms with van der Waals surface area (Å²) in [5.41, 5.74) is 1.77. The van der Waals surface area contributed by atoms with Crippen molar-refractivity contribution in [1.82, 2.24) is 9.97 Å². The topological polar surface area (TPSA) is 67.0 Å². The molecule has 1 aliphatic heterocycles. The van der Waals surface area contributed by atoms with Crippen molar-refractivity contribution >= 4 is 22.9 Å². The molecule has 1 atom stereocenters. The van der Waals surface area contributed by atoms with E-state index >= 15 is 0 Å². The maximum atomic E-state index is 11.8. The third-order valence-corrected chi connectivity index (χ3v) is 2.93. The molecule has 1 aromatic heterocycles. The molecule has 2 heterocycles. The minimum atomic E-state index is -0.0526. The molecule has 1 aromatic carbocycles. The summed E-state index contributed by atoms with van der Waals surface area (Å²) < 4.78 is 5.18. The number of benzene rings is 1. The second kappa shape index (κ2) is 4.18. The molecule has 3 rings (SSSR count). The minimum absolute atomic E-state index is 0.0263. The Bertz CT molecular complexity index is 510. The molecule has 5 heteroatoms. The lowest BCUT2D eigenvalue weighted by molar-refractivity contribution is -0.119. The molecule has 0 bridgehead atoms. The molecule has 1 unspecified atom stereocenters. The van der Waals surface area contributed by atoms with Crippen LogP contribution in [0.4, 0.5) is 5.95 Å². The van der Waals surface area contributed by atoms with Crippen LogP contribution < -0.4 is 5.32 Å². The highest BCUT2D eigenvalue weighted by Gasteiger charge is 2.24. The van der Waals surface area contributed by atoms with E-state index in [1.165, 1.54) is 0 Å². The highest BCUT2D eigenvalue weighted by Crippen LogP contribution is 2.17. The molecule has 0 spiro atoms. The maximum Gasteiger partial charge on any atom is 0.232 e. The molecule has 88 valence electrons. The van der Waals surface area contributed by atoms with Gasteiger partial charge >= 0.3 is 0 Å². The number of para-hydroxylation sites is 2. The number of aromatic nitrogens is 2. The quantitative estimate of drug-likeness (QED) is 0.823. The number of anilines is 1. The smallest absolute Gasteiger partial charge is 0.232 e. The van der Waals surface area contributed by atoms with Crippen molar-refractivity contribution in [2.45, 2.75) is 6.42 Å². The van der Waals surface area contributed by atoms with Crippen LogP contribution in [0.3, 0.4) is 0 Å². The fourth-order valence-corrected chi connectivity index (χ4v) is 1.97. The number of nitrogens with zero attached hydrogens (tertiary/aromatic N) is 1. The standard InChI is InChI=1S/C12H13N3O2/c16-11(8-5-6-17-7-8)15-12-13-9-3-1-2-4-10(9)14-12/h1-4,8H,5-7H2,(H2,13,14,15,16). The summed E-state index contributed by atoms with van der Waals surface area (Å²) in [7, 11) is 0. The van der Waals surface area contributed by atoms with E-state index in [0.717, 1.165) is 17.5 Å². The zero-order valence-electron chi connectivity index (χ0n) is 9.27. The van der Waals surface area contributed by atoms with Gasteiger partial charge in [0.1, 0.15) is 0 Å². The summed E-state index contributed by atoms with van der Waals surface area (Å²) in [5.74, 6) is 0.424. The Balaban J connectivity index is 1.77. The van der Waals surface area contributed by atoms with E-state index in [0.29, 0.717) is 19.2 Å². The Labute approximate surface area is 98.2 Å². The van der Waals surface area contributed by atoms with Crippen LogP contribution in [0.15, 0.2) is 24.3 Å². The fourth-order valence-electron chi connectivity index (χ4n) is 1.97. The summed E-state index contributed by atoms with van der Waals surface area (Å²) in [6, 6.07) is 7.67. The maximum absolute atomic E-state index is 11.8. The van der Waals surface area contributed by atoms with Gasteiger partial charge in [0.15, 0.2) is 0 Å². The van der Waals surface area contributed by atoms with Gasteiger partial charge in [-0.05, 0) is 18.6 Å². The number of ether oxygens (including phenoxy) is 1. The average molecular weight is 231 g/mol. The predicted octanol–water partition coefficient (Wildman–Crippen LogP) is 1.54. The summed E-state index contributed by atoms with van der Waals surface area (Å²) in [6.45, 7) is 1.17. The Morgan fingerprint density at radius 2 is 2.35 bits per heavy atom. The summed E-state index contributed by atoms with van der Waals surface area (Å²) in [5, 5.41) is 2.79. The molecule has 0 aliphatic carbocycles. The number of fused-ring (bicyclic) bond motifs is 1. The van der Waals surface area contributed by atoms with Crippen LogP contribution in [-0.4, -0.2) is 29.1 Å². The van der Waals surface area contributed by atoms with E-state index in [1.54, 1.807) is 0 Å². The second-order valence-corrected chi connectivity index (χ2v) is 4.15. The highest BCUT2D eigenvalue weighted by atomic mass is 16.5. The number of H-pyrrole nitrogens is 1. The lowest BCUT2D eigenvalue weighted by atomic mass is 10.1. The molecule has 1 saturated heterocycles. The van der Waals surface area contributed by atoms with Gasteiger partial charge in [0.2, 0.25) is 11.9 Å². The van der Waals surface area contributed by atoms with Crippen molar-refractivity contribution in [3.63, 3.8) is 0 Å². The molecule has 1 aliphatic rings. The van der Waals surface area contributed by atoms with Crippen LogP contribution >= 0.6 is 0 Å². The third kappa shape index (κ3) is 2.01. The third-order valence-electron chi connectivity index (χ3n) is 2.93. The summed E-state index contributed by atoms with van der Waals surface area (Å²) in [4.78, 5) is 19.2. The lowest BCUT2D eigenvalue weighted by Gasteiger charge is -2.05. The first-order valence-electron chi connectivity index (χ1n) is 5.66. The van der Waals surface area contributed by atoms with Gasteiger partial charge in [-0.1, -0.05) is 12.1 Å². The Hall–Kier alpha value is -1.88. The van der Waals surface area contributed by atoms with Gasteiger partial charge in [-0.15, -0.1) is 0 Å². The number of imidazole rings is 1. The molecule has 17 heavy (non-hydrogen) atoms. The first-order valence-corrected chi connectivity index (χ1v) is 5.66. The largest absolute Gasteiger partial charge is 0.381 e. The van der Waals surface area contributed by atoms with Crippen LogP contribution in [0.25, 0.3) is 11.0 Å². The molecule has 2 N–H and O–H groups in total. The van der Waals surface area contributed by atoms with Crippen LogP contribution in [0, 0.1) is 5.92 Å². The number of amides is 1. The second-order valence-electron chi connectivity index (χ2n) is 4.15. The molecule has 1 fully saturated rings. The number of hydrogen-bond donors (Lipinski definition) is 2. The van der Waals surface area contributed by atoms with Gasteiger partial charge in [-0.2, -0.15) is 0 Å². The molecule has 5 nitrogen and oxygen atoms in total. The average Bonchev–Trinajstić information content (AvgIpc) is 2.97. The van der Waals surface area contributed by atoms with E-state index in [1.807, 2.05) is 24.3 Å². The van der Waals surface area contributed by atoms with Crippen molar-refractivity contribution < 1.29 is 9.53 Å². The van der Waals surface area contributed by atoms with Crippen molar-refractivity contribution in [2.75, 3.05) is 18.5 Å². The van der Waals surface area contributed by atoms with Crippen molar-refractivity contribution in [3.05, 3.63) is 24.3 Å². The minimum Gasteiger partial charge on any atom is -0.381 e. The Morgan fingerprint density at radius 3 is 3.12 bits per heavy atom. The zero-order valence-corrected chi connectivity index (χ0v) is 9.27. The number of carbonyl (C=O) groups excluding carboxylic acids is 1. The number of carbonyl (C=O) groups is 1. The molecule has 0 saturated carbocycles.